The predicted molar refractivity (Wildman–Crippen MR) is 59.7 cm³/mol. The molecule has 5 heteroatoms. The second-order valence-electron chi connectivity index (χ2n) is 3.85. The zero-order chi connectivity index (χ0) is 10.7. The summed E-state index contributed by atoms with van der Waals surface area (Å²) in [4.78, 5) is 14.9. The quantitative estimate of drug-likeness (QED) is 0.801. The topological polar surface area (TPSA) is 67.9 Å². The number of hydrogen-bond acceptors (Lipinski definition) is 5. The van der Waals surface area contributed by atoms with E-state index in [1.54, 1.807) is 0 Å². The molecular formula is C10H17N5. The Hall–Kier alpha value is -1.39. The van der Waals surface area contributed by atoms with Gasteiger partial charge >= 0.3 is 0 Å². The number of nitrogens with two attached hydrogens (primary N) is 1. The summed E-state index contributed by atoms with van der Waals surface area (Å²) < 4.78 is 0. The van der Waals surface area contributed by atoms with Gasteiger partial charge in [0.25, 0.3) is 0 Å². The minimum absolute atomic E-state index is 0.343. The summed E-state index contributed by atoms with van der Waals surface area (Å²) in [6.07, 6.45) is 4.33. The van der Waals surface area contributed by atoms with Crippen molar-refractivity contribution in [1.82, 2.24) is 15.0 Å². The minimum atomic E-state index is 0.343. The third kappa shape index (κ3) is 2.34. The summed E-state index contributed by atoms with van der Waals surface area (Å²) in [5.41, 5.74) is 5.67. The number of nitrogen functional groups attached to an aromatic ring is 1. The van der Waals surface area contributed by atoms with Crippen LogP contribution in [0.2, 0.25) is 0 Å². The Morgan fingerprint density at radius 1 is 1.20 bits per heavy atom. The van der Waals surface area contributed by atoms with Crippen molar-refractivity contribution in [1.29, 1.82) is 0 Å². The van der Waals surface area contributed by atoms with E-state index in [-0.39, 0.29) is 0 Å². The van der Waals surface area contributed by atoms with Crippen LogP contribution < -0.4 is 10.6 Å². The van der Waals surface area contributed by atoms with E-state index in [9.17, 15) is 0 Å². The van der Waals surface area contributed by atoms with Crippen molar-refractivity contribution in [2.75, 3.05) is 23.7 Å². The maximum Gasteiger partial charge on any atom is 0.230 e. The fourth-order valence-corrected chi connectivity index (χ4v) is 1.82. The molecule has 0 spiro atoms. The largest absolute Gasteiger partial charge is 0.368 e. The molecule has 82 valence electrons. The maximum atomic E-state index is 5.67. The number of hydrogen-bond donors (Lipinski definition) is 1. The first-order chi connectivity index (χ1) is 7.29. The van der Waals surface area contributed by atoms with Crippen LogP contribution in [0.3, 0.4) is 0 Å². The summed E-state index contributed by atoms with van der Waals surface area (Å²) in [7, 11) is 0. The van der Waals surface area contributed by atoms with Crippen LogP contribution in [0.1, 0.15) is 32.0 Å². The monoisotopic (exact) mass is 207 g/mol. The van der Waals surface area contributed by atoms with Crippen LogP contribution in [-0.4, -0.2) is 28.0 Å². The van der Waals surface area contributed by atoms with E-state index in [0.29, 0.717) is 5.95 Å². The number of nitrogens with zero attached hydrogens (tertiary/aromatic N) is 4. The van der Waals surface area contributed by atoms with Crippen LogP contribution in [0.4, 0.5) is 11.9 Å². The van der Waals surface area contributed by atoms with Gasteiger partial charge in [0.15, 0.2) is 0 Å². The Morgan fingerprint density at radius 2 is 1.93 bits per heavy atom. The molecule has 1 aliphatic rings. The average molecular weight is 207 g/mol. The van der Waals surface area contributed by atoms with E-state index in [1.165, 1.54) is 12.8 Å². The van der Waals surface area contributed by atoms with Crippen molar-refractivity contribution < 1.29 is 0 Å². The number of anilines is 2. The second-order valence-corrected chi connectivity index (χ2v) is 3.85. The standard InChI is InChI=1S/C10H17N5/c1-2-5-8-12-9(11)14-10(13-8)15-6-3-4-7-15/h2-7H2,1H3,(H2,11,12,13,14). The molecule has 5 nitrogen and oxygen atoms in total. The molecule has 2 N–H and O–H groups in total. The van der Waals surface area contributed by atoms with E-state index in [1.807, 2.05) is 0 Å². The lowest BCUT2D eigenvalue weighted by atomic mass is 10.3. The van der Waals surface area contributed by atoms with E-state index in [2.05, 4.69) is 26.8 Å². The van der Waals surface area contributed by atoms with Crippen molar-refractivity contribution in [3.8, 4) is 0 Å². The molecule has 0 aromatic carbocycles. The van der Waals surface area contributed by atoms with Crippen molar-refractivity contribution in [2.45, 2.75) is 32.6 Å². The van der Waals surface area contributed by atoms with Gasteiger partial charge in [-0.1, -0.05) is 6.92 Å². The van der Waals surface area contributed by atoms with Crippen molar-refractivity contribution in [3.05, 3.63) is 5.82 Å². The Labute approximate surface area is 89.7 Å². The molecule has 0 amide bonds. The Balaban J connectivity index is 2.22. The predicted octanol–water partition coefficient (Wildman–Crippen LogP) is 1.01. The average Bonchev–Trinajstić information content (AvgIpc) is 2.70. The molecule has 1 aromatic rings. The van der Waals surface area contributed by atoms with Crippen LogP contribution in [0.5, 0.6) is 0 Å². The second kappa shape index (κ2) is 4.42. The van der Waals surface area contributed by atoms with Gasteiger partial charge in [-0.3, -0.25) is 0 Å². The van der Waals surface area contributed by atoms with Gasteiger partial charge in [0, 0.05) is 19.5 Å². The van der Waals surface area contributed by atoms with E-state index in [0.717, 1.165) is 37.7 Å². The first-order valence-electron chi connectivity index (χ1n) is 5.55. The first-order valence-corrected chi connectivity index (χ1v) is 5.55. The highest BCUT2D eigenvalue weighted by molar-refractivity contribution is 5.35. The SMILES string of the molecule is CCCc1nc(N)nc(N2CCCC2)n1. The lowest BCUT2D eigenvalue weighted by Crippen LogP contribution is -2.22. The number of aromatic nitrogens is 3. The molecular weight excluding hydrogens is 190 g/mol. The molecule has 0 aliphatic carbocycles. The molecule has 1 fully saturated rings. The molecule has 1 saturated heterocycles. The Kier molecular flexibility index (Phi) is 2.99. The molecule has 2 heterocycles. The number of aryl methyl sites for hydroxylation is 1. The Bertz CT molecular complexity index is 333. The van der Waals surface area contributed by atoms with E-state index >= 15 is 0 Å². The van der Waals surface area contributed by atoms with Crippen molar-refractivity contribution in [3.63, 3.8) is 0 Å². The molecule has 0 unspecified atom stereocenters. The fourth-order valence-electron chi connectivity index (χ4n) is 1.82. The van der Waals surface area contributed by atoms with Gasteiger partial charge in [0.2, 0.25) is 11.9 Å². The van der Waals surface area contributed by atoms with Gasteiger partial charge in [0.05, 0.1) is 0 Å². The molecule has 0 atom stereocenters. The third-order valence-corrected chi connectivity index (χ3v) is 2.55. The smallest absolute Gasteiger partial charge is 0.230 e. The molecule has 0 saturated carbocycles. The molecule has 1 aliphatic heterocycles. The van der Waals surface area contributed by atoms with Crippen molar-refractivity contribution >= 4 is 11.9 Å². The van der Waals surface area contributed by atoms with E-state index < -0.39 is 0 Å². The Morgan fingerprint density at radius 3 is 2.60 bits per heavy atom. The third-order valence-electron chi connectivity index (χ3n) is 2.55. The van der Waals surface area contributed by atoms with Gasteiger partial charge in [-0.05, 0) is 19.3 Å². The summed E-state index contributed by atoms with van der Waals surface area (Å²) >= 11 is 0. The highest BCUT2D eigenvalue weighted by Gasteiger charge is 2.16. The maximum absolute atomic E-state index is 5.67. The molecule has 0 radical (unpaired) electrons. The normalized spacial score (nSPS) is 15.9. The van der Waals surface area contributed by atoms with Crippen LogP contribution in [0, 0.1) is 0 Å². The zero-order valence-electron chi connectivity index (χ0n) is 9.11. The first kappa shape index (κ1) is 10.1. The highest BCUT2D eigenvalue weighted by Crippen LogP contribution is 2.16. The zero-order valence-corrected chi connectivity index (χ0v) is 9.11. The van der Waals surface area contributed by atoms with Crippen molar-refractivity contribution in [2.24, 2.45) is 0 Å². The lowest BCUT2D eigenvalue weighted by Gasteiger charge is -2.15. The molecule has 15 heavy (non-hydrogen) atoms. The van der Waals surface area contributed by atoms with Gasteiger partial charge in [-0.15, -0.1) is 0 Å². The lowest BCUT2D eigenvalue weighted by molar-refractivity contribution is 0.796. The summed E-state index contributed by atoms with van der Waals surface area (Å²) in [5.74, 6) is 1.91. The van der Waals surface area contributed by atoms with Crippen LogP contribution in [0.15, 0.2) is 0 Å². The summed E-state index contributed by atoms with van der Waals surface area (Å²) in [6, 6.07) is 0. The van der Waals surface area contributed by atoms with Gasteiger partial charge < -0.3 is 10.6 Å². The molecule has 1 aromatic heterocycles. The van der Waals surface area contributed by atoms with Crippen LogP contribution in [0.25, 0.3) is 0 Å². The summed E-state index contributed by atoms with van der Waals surface area (Å²) in [6.45, 7) is 4.18. The molecule has 2 rings (SSSR count). The van der Waals surface area contributed by atoms with Crippen LogP contribution in [-0.2, 0) is 6.42 Å². The minimum Gasteiger partial charge on any atom is -0.368 e. The highest BCUT2D eigenvalue weighted by atomic mass is 15.3. The van der Waals surface area contributed by atoms with Crippen LogP contribution >= 0.6 is 0 Å². The van der Waals surface area contributed by atoms with Gasteiger partial charge in [-0.2, -0.15) is 15.0 Å². The molecule has 0 bridgehead atoms. The summed E-state index contributed by atoms with van der Waals surface area (Å²) in [5, 5.41) is 0. The van der Waals surface area contributed by atoms with Gasteiger partial charge in [-0.25, -0.2) is 0 Å². The number of rotatable bonds is 3. The van der Waals surface area contributed by atoms with E-state index in [4.69, 9.17) is 5.73 Å². The van der Waals surface area contributed by atoms with Gasteiger partial charge in [0.1, 0.15) is 5.82 Å². The fraction of sp³-hybridized carbons (Fsp3) is 0.700.